The fourth-order valence-electron chi connectivity index (χ4n) is 5.83. The number of ether oxygens (including phenoxy) is 1. The van der Waals surface area contributed by atoms with Crippen molar-refractivity contribution < 1.29 is 23.6 Å². The Morgan fingerprint density at radius 2 is 2.07 bits per heavy atom. The first-order valence-corrected chi connectivity index (χ1v) is 14.1. The predicted molar refractivity (Wildman–Crippen MR) is 154 cm³/mol. The number of carbonyl (C=O) groups is 2. The Labute approximate surface area is 242 Å². The second-order valence-electron chi connectivity index (χ2n) is 10.8. The van der Waals surface area contributed by atoms with Gasteiger partial charge in [-0.05, 0) is 68.7 Å². The average Bonchev–Trinajstić information content (AvgIpc) is 3.68. The maximum atomic E-state index is 14.9. The first-order valence-electron chi connectivity index (χ1n) is 14.1. The number of H-pyrrole nitrogens is 1. The van der Waals surface area contributed by atoms with E-state index >= 15 is 0 Å². The largest absolute Gasteiger partial charge is 0.496 e. The van der Waals surface area contributed by atoms with Crippen LogP contribution in [-0.4, -0.2) is 75.8 Å². The Morgan fingerprint density at radius 1 is 1.19 bits per heavy atom. The summed E-state index contributed by atoms with van der Waals surface area (Å²) in [4.78, 5) is 38.6. The van der Waals surface area contributed by atoms with Crippen LogP contribution >= 0.6 is 0 Å². The van der Waals surface area contributed by atoms with Gasteiger partial charge in [0.05, 0.1) is 31.8 Å². The number of aromatic amines is 1. The molecule has 2 fully saturated rings. The second kappa shape index (κ2) is 11.9. The Balaban J connectivity index is 1.23. The van der Waals surface area contributed by atoms with E-state index in [0.717, 1.165) is 34.3 Å². The molecule has 42 heavy (non-hydrogen) atoms. The van der Waals surface area contributed by atoms with Crippen LogP contribution in [0.5, 0.6) is 5.75 Å². The van der Waals surface area contributed by atoms with Crippen LogP contribution in [0.1, 0.15) is 40.9 Å². The summed E-state index contributed by atoms with van der Waals surface area (Å²) in [6.45, 7) is 3.47. The van der Waals surface area contributed by atoms with E-state index < -0.39 is 11.9 Å². The van der Waals surface area contributed by atoms with E-state index in [2.05, 4.69) is 20.5 Å². The zero-order chi connectivity index (χ0) is 29.2. The van der Waals surface area contributed by atoms with Crippen molar-refractivity contribution in [2.24, 2.45) is 0 Å². The van der Waals surface area contributed by atoms with Gasteiger partial charge >= 0.3 is 0 Å². The van der Waals surface area contributed by atoms with Crippen molar-refractivity contribution in [1.29, 1.82) is 0 Å². The lowest BCUT2D eigenvalue weighted by Gasteiger charge is -2.40. The molecule has 0 bridgehead atoms. The molecule has 2 aliphatic rings. The van der Waals surface area contributed by atoms with Gasteiger partial charge in [0.15, 0.2) is 0 Å². The van der Waals surface area contributed by atoms with Crippen LogP contribution < -0.4 is 10.1 Å². The molecule has 10 nitrogen and oxygen atoms in total. The third-order valence-corrected chi connectivity index (χ3v) is 7.96. The van der Waals surface area contributed by atoms with Crippen LogP contribution in [0.4, 0.5) is 4.39 Å². The molecular formula is C31H33FN6O4. The number of rotatable bonds is 7. The number of benzene rings is 2. The summed E-state index contributed by atoms with van der Waals surface area (Å²) in [5, 5.41) is 12.9. The fraction of sp³-hybridized carbons (Fsp3) is 0.355. The van der Waals surface area contributed by atoms with Crippen LogP contribution in [0.15, 0.2) is 54.7 Å². The highest BCUT2D eigenvalue weighted by Crippen LogP contribution is 2.30. The number of fused-ring (bicyclic) bond motifs is 1. The Kier molecular flexibility index (Phi) is 7.86. The summed E-state index contributed by atoms with van der Waals surface area (Å²) < 4.78 is 20.3. The van der Waals surface area contributed by atoms with Crippen LogP contribution in [0.2, 0.25) is 0 Å². The van der Waals surface area contributed by atoms with Gasteiger partial charge < -0.3 is 10.1 Å². The molecule has 2 saturated heterocycles. The summed E-state index contributed by atoms with van der Waals surface area (Å²) in [7, 11) is 1.50. The highest BCUT2D eigenvalue weighted by molar-refractivity contribution is 6.01. The first-order chi connectivity index (χ1) is 20.4. The van der Waals surface area contributed by atoms with Crippen molar-refractivity contribution in [3.05, 3.63) is 77.4 Å². The molecule has 4 heterocycles. The smallest absolute Gasteiger partial charge is 0.263 e. The minimum Gasteiger partial charge on any atom is -0.496 e. The molecule has 6 rings (SSSR count). The number of amides is 2. The predicted octanol–water partition coefficient (Wildman–Crippen LogP) is 4.01. The van der Waals surface area contributed by atoms with E-state index in [1.54, 1.807) is 24.4 Å². The summed E-state index contributed by atoms with van der Waals surface area (Å²) in [6.07, 6.45) is 3.60. The van der Waals surface area contributed by atoms with Gasteiger partial charge in [-0.2, -0.15) is 5.10 Å². The Morgan fingerprint density at radius 3 is 2.86 bits per heavy atom. The fourth-order valence-corrected chi connectivity index (χ4v) is 5.83. The minimum atomic E-state index is -0.505. The number of hydrogen-bond acceptors (Lipinski definition) is 7. The van der Waals surface area contributed by atoms with Gasteiger partial charge in [-0.15, -0.1) is 0 Å². The highest BCUT2D eigenvalue weighted by Gasteiger charge is 2.38. The lowest BCUT2D eigenvalue weighted by molar-refractivity contribution is -0.176. The molecule has 2 N–H and O–H groups in total. The number of hydrogen-bond donors (Lipinski definition) is 2. The molecular weight excluding hydrogens is 539 g/mol. The average molecular weight is 573 g/mol. The quantitative estimate of drug-likeness (QED) is 0.344. The molecule has 2 atom stereocenters. The van der Waals surface area contributed by atoms with E-state index in [0.29, 0.717) is 49.4 Å². The van der Waals surface area contributed by atoms with Gasteiger partial charge in [0.2, 0.25) is 0 Å². The summed E-state index contributed by atoms with van der Waals surface area (Å²) in [6, 6.07) is 13.2. The van der Waals surface area contributed by atoms with Crippen molar-refractivity contribution in [2.45, 2.75) is 44.8 Å². The number of aryl methyl sites for hydroxylation is 1. The molecule has 218 valence electrons. The van der Waals surface area contributed by atoms with Crippen LogP contribution in [0.25, 0.3) is 22.2 Å². The molecule has 4 aromatic rings. The minimum absolute atomic E-state index is 0.142. The molecule has 0 saturated carbocycles. The number of carbonyl (C=O) groups excluding carboxylic acids is 2. The van der Waals surface area contributed by atoms with Gasteiger partial charge in [0, 0.05) is 53.1 Å². The van der Waals surface area contributed by atoms with Gasteiger partial charge in [0.1, 0.15) is 17.3 Å². The van der Waals surface area contributed by atoms with Gasteiger partial charge in [0.25, 0.3) is 11.8 Å². The number of nitrogens with zero attached hydrogens (tertiary/aromatic N) is 4. The first kappa shape index (κ1) is 27.8. The molecule has 2 aromatic heterocycles. The molecule has 0 aliphatic carbocycles. The number of hydroxylamine groups is 2. The van der Waals surface area contributed by atoms with Crippen molar-refractivity contribution in [3.8, 4) is 17.0 Å². The molecule has 0 spiro atoms. The normalized spacial score (nSPS) is 19.3. The van der Waals surface area contributed by atoms with E-state index in [-0.39, 0.29) is 24.4 Å². The maximum absolute atomic E-state index is 14.9. The van der Waals surface area contributed by atoms with E-state index in [1.807, 2.05) is 36.1 Å². The van der Waals surface area contributed by atoms with Gasteiger partial charge in [-0.3, -0.25) is 29.4 Å². The maximum Gasteiger partial charge on any atom is 0.263 e. The topological polar surface area (TPSA) is 113 Å². The zero-order valence-corrected chi connectivity index (χ0v) is 23.6. The van der Waals surface area contributed by atoms with Crippen LogP contribution in [0.3, 0.4) is 0 Å². The third kappa shape index (κ3) is 5.57. The number of nitrogens with one attached hydrogen (secondary N) is 2. The second-order valence-corrected chi connectivity index (χ2v) is 10.8. The number of halogens is 1. The number of methoxy groups -OCH3 is 1. The van der Waals surface area contributed by atoms with Crippen molar-refractivity contribution in [3.63, 3.8) is 0 Å². The standard InChI is InChI=1S/C31H33FN6O4/c1-19-15-20(11-12-33-19)29-23-16-21(7-9-26(23)35-36-29)30(39)34-22-8-10-27(31(40)38-13-4-14-42-38)37(17-22)18-24-25(32)5-3-6-28(24)41-2/h3,5-7,9,11-12,15-16,22,27H,4,8,10,13-14,17-18H2,1-2H3,(H,34,39)(H,35,36)/t22-,27+/m1/s1. The summed E-state index contributed by atoms with van der Waals surface area (Å²) >= 11 is 0. The monoisotopic (exact) mass is 572 g/mol. The third-order valence-electron chi connectivity index (χ3n) is 7.96. The number of pyridine rings is 1. The lowest BCUT2D eigenvalue weighted by Crippen LogP contribution is -2.56. The lowest BCUT2D eigenvalue weighted by atomic mass is 9.95. The van der Waals surface area contributed by atoms with Crippen molar-refractivity contribution in [2.75, 3.05) is 26.8 Å². The molecule has 0 unspecified atom stereocenters. The number of piperidine rings is 1. The SMILES string of the molecule is COc1cccc(F)c1CN1C[C@H](NC(=O)c2ccc3[nH]nc(-c4ccnc(C)c4)c3c2)CC[C@H]1C(=O)N1CCCO1. The molecule has 2 aliphatic heterocycles. The van der Waals surface area contributed by atoms with E-state index in [4.69, 9.17) is 9.57 Å². The zero-order valence-electron chi connectivity index (χ0n) is 23.6. The molecule has 11 heteroatoms. The van der Waals surface area contributed by atoms with E-state index in [9.17, 15) is 14.0 Å². The van der Waals surface area contributed by atoms with Gasteiger partial charge in [-0.1, -0.05) is 6.07 Å². The molecule has 0 radical (unpaired) electrons. The Bertz CT molecular complexity index is 1620. The number of aromatic nitrogens is 3. The molecule has 2 aromatic carbocycles. The Hall–Kier alpha value is -4.35. The summed E-state index contributed by atoms with van der Waals surface area (Å²) in [5.74, 6) is -0.357. The van der Waals surface area contributed by atoms with Crippen LogP contribution in [-0.2, 0) is 16.2 Å². The van der Waals surface area contributed by atoms with Crippen molar-refractivity contribution >= 4 is 22.7 Å². The van der Waals surface area contributed by atoms with Crippen molar-refractivity contribution in [1.82, 2.24) is 30.5 Å². The van der Waals surface area contributed by atoms with Gasteiger partial charge in [-0.25, -0.2) is 9.45 Å². The highest BCUT2D eigenvalue weighted by atomic mass is 19.1. The van der Waals surface area contributed by atoms with Crippen LogP contribution in [0, 0.1) is 12.7 Å². The molecule has 2 amide bonds. The van der Waals surface area contributed by atoms with E-state index in [1.165, 1.54) is 18.2 Å². The number of likely N-dealkylation sites (tertiary alicyclic amines) is 1. The summed E-state index contributed by atoms with van der Waals surface area (Å²) in [5.41, 5.74) is 4.23.